The second-order valence-electron chi connectivity index (χ2n) is 5.94. The Morgan fingerprint density at radius 2 is 1.72 bits per heavy atom. The first-order valence-corrected chi connectivity index (χ1v) is 7.77. The van der Waals surface area contributed by atoms with Crippen LogP contribution in [0.3, 0.4) is 0 Å². The number of alkyl halides is 1. The van der Waals surface area contributed by atoms with Crippen molar-refractivity contribution >= 4 is 17.5 Å². The molecular formula is C14H25ClN2O. The summed E-state index contributed by atoms with van der Waals surface area (Å²) >= 11 is 5.76. The van der Waals surface area contributed by atoms with E-state index in [2.05, 4.69) is 16.7 Å². The number of carbonyl (C=O) groups is 1. The molecule has 1 aliphatic carbocycles. The lowest BCUT2D eigenvalue weighted by Gasteiger charge is -2.41. The van der Waals surface area contributed by atoms with Crippen molar-refractivity contribution in [3.8, 4) is 0 Å². The van der Waals surface area contributed by atoms with E-state index in [4.69, 9.17) is 11.6 Å². The van der Waals surface area contributed by atoms with Crippen LogP contribution in [0.5, 0.6) is 0 Å². The van der Waals surface area contributed by atoms with Gasteiger partial charge >= 0.3 is 0 Å². The molecule has 0 radical (unpaired) electrons. The van der Waals surface area contributed by atoms with Gasteiger partial charge in [-0.3, -0.25) is 9.69 Å². The summed E-state index contributed by atoms with van der Waals surface area (Å²) in [5.41, 5.74) is -0.0765. The quantitative estimate of drug-likeness (QED) is 0.737. The van der Waals surface area contributed by atoms with Gasteiger partial charge in [-0.05, 0) is 12.8 Å². The molecule has 2 rings (SSSR count). The van der Waals surface area contributed by atoms with E-state index in [0.29, 0.717) is 11.8 Å². The molecule has 0 aromatic heterocycles. The Morgan fingerprint density at radius 1 is 1.11 bits per heavy atom. The van der Waals surface area contributed by atoms with Gasteiger partial charge in [-0.25, -0.2) is 0 Å². The van der Waals surface area contributed by atoms with Crippen LogP contribution in [-0.2, 0) is 4.79 Å². The molecule has 0 bridgehead atoms. The minimum Gasteiger partial charge on any atom is -0.340 e. The smallest absolute Gasteiger partial charge is 0.228 e. The highest BCUT2D eigenvalue weighted by Gasteiger charge is 2.38. The molecule has 1 heterocycles. The summed E-state index contributed by atoms with van der Waals surface area (Å²) in [5, 5.41) is 0. The van der Waals surface area contributed by atoms with Crippen LogP contribution in [0.4, 0.5) is 0 Å². The van der Waals surface area contributed by atoms with E-state index < -0.39 is 0 Å². The first-order chi connectivity index (χ1) is 8.65. The Hall–Kier alpha value is -0.280. The molecule has 4 heteroatoms. The molecule has 0 N–H and O–H groups in total. The highest BCUT2D eigenvalue weighted by atomic mass is 35.5. The maximum Gasteiger partial charge on any atom is 0.228 e. The van der Waals surface area contributed by atoms with Gasteiger partial charge in [-0.2, -0.15) is 0 Å². The lowest BCUT2D eigenvalue weighted by molar-refractivity contribution is -0.144. The standard InChI is InChI=1S/C14H25ClN2O/c1-14(5-3-2-4-6-14)13(18)17-11-9-16(8-7-15)10-12-17/h2-12H2,1H3. The molecule has 0 spiro atoms. The predicted molar refractivity (Wildman–Crippen MR) is 74.9 cm³/mol. The molecule has 1 saturated carbocycles. The Kier molecular flexibility index (Phi) is 4.91. The molecule has 1 aliphatic heterocycles. The molecule has 1 saturated heterocycles. The minimum atomic E-state index is -0.0765. The van der Waals surface area contributed by atoms with E-state index in [1.807, 2.05) is 0 Å². The van der Waals surface area contributed by atoms with Gasteiger partial charge < -0.3 is 4.90 Å². The van der Waals surface area contributed by atoms with Gasteiger partial charge in [-0.1, -0.05) is 26.2 Å². The zero-order valence-corrected chi connectivity index (χ0v) is 12.2. The van der Waals surface area contributed by atoms with Crippen LogP contribution in [0.2, 0.25) is 0 Å². The van der Waals surface area contributed by atoms with Crippen LogP contribution >= 0.6 is 11.6 Å². The van der Waals surface area contributed by atoms with Crippen LogP contribution in [-0.4, -0.2) is 54.3 Å². The molecule has 0 aromatic carbocycles. The number of carbonyl (C=O) groups excluding carboxylic acids is 1. The summed E-state index contributed by atoms with van der Waals surface area (Å²) in [6.45, 7) is 6.83. The molecule has 1 amide bonds. The number of hydrogen-bond acceptors (Lipinski definition) is 2. The van der Waals surface area contributed by atoms with Crippen LogP contribution in [0.25, 0.3) is 0 Å². The van der Waals surface area contributed by atoms with Crippen molar-refractivity contribution in [3.63, 3.8) is 0 Å². The van der Waals surface area contributed by atoms with Gasteiger partial charge in [-0.15, -0.1) is 11.6 Å². The summed E-state index contributed by atoms with van der Waals surface area (Å²) in [6.07, 6.45) is 5.89. The molecule has 104 valence electrons. The Balaban J connectivity index is 1.86. The SMILES string of the molecule is CC1(C(=O)N2CCN(CCCl)CC2)CCCCC1. The number of hydrogen-bond donors (Lipinski definition) is 0. The number of halogens is 1. The van der Waals surface area contributed by atoms with Crippen molar-refractivity contribution in [3.05, 3.63) is 0 Å². The van der Waals surface area contributed by atoms with Crippen molar-refractivity contribution in [1.82, 2.24) is 9.80 Å². The number of piperazine rings is 1. The van der Waals surface area contributed by atoms with Crippen molar-refractivity contribution in [1.29, 1.82) is 0 Å². The van der Waals surface area contributed by atoms with Crippen LogP contribution in [0.1, 0.15) is 39.0 Å². The first-order valence-electron chi connectivity index (χ1n) is 7.23. The van der Waals surface area contributed by atoms with Gasteiger partial charge in [0.2, 0.25) is 5.91 Å². The van der Waals surface area contributed by atoms with Crippen LogP contribution in [0, 0.1) is 5.41 Å². The van der Waals surface area contributed by atoms with E-state index in [1.54, 1.807) is 0 Å². The fraction of sp³-hybridized carbons (Fsp3) is 0.929. The molecule has 0 atom stereocenters. The minimum absolute atomic E-state index is 0.0765. The lowest BCUT2D eigenvalue weighted by Crippen LogP contribution is -2.53. The topological polar surface area (TPSA) is 23.6 Å². The summed E-state index contributed by atoms with van der Waals surface area (Å²) < 4.78 is 0. The zero-order valence-electron chi connectivity index (χ0n) is 11.5. The second-order valence-corrected chi connectivity index (χ2v) is 6.32. The van der Waals surface area contributed by atoms with Crippen LogP contribution in [0.15, 0.2) is 0 Å². The van der Waals surface area contributed by atoms with Crippen molar-refractivity contribution in [2.45, 2.75) is 39.0 Å². The molecule has 3 nitrogen and oxygen atoms in total. The Morgan fingerprint density at radius 3 is 2.28 bits per heavy atom. The predicted octanol–water partition coefficient (Wildman–Crippen LogP) is 2.34. The van der Waals surface area contributed by atoms with Crippen molar-refractivity contribution in [2.24, 2.45) is 5.41 Å². The van der Waals surface area contributed by atoms with Crippen molar-refractivity contribution < 1.29 is 4.79 Å². The number of nitrogens with zero attached hydrogens (tertiary/aromatic N) is 2. The first kappa shape index (κ1) is 14.1. The lowest BCUT2D eigenvalue weighted by atomic mass is 9.74. The van der Waals surface area contributed by atoms with Gasteiger partial charge in [0.15, 0.2) is 0 Å². The van der Waals surface area contributed by atoms with Gasteiger partial charge in [0.25, 0.3) is 0 Å². The molecule has 0 aromatic rings. The number of rotatable bonds is 3. The molecule has 18 heavy (non-hydrogen) atoms. The van der Waals surface area contributed by atoms with E-state index in [-0.39, 0.29) is 5.41 Å². The maximum absolute atomic E-state index is 12.6. The molecule has 2 aliphatic rings. The molecular weight excluding hydrogens is 248 g/mol. The average Bonchev–Trinajstić information content (AvgIpc) is 2.40. The largest absolute Gasteiger partial charge is 0.340 e. The van der Waals surface area contributed by atoms with E-state index >= 15 is 0 Å². The zero-order chi connectivity index (χ0) is 13.0. The normalized spacial score (nSPS) is 25.1. The Bertz CT molecular complexity index is 282. The molecule has 2 fully saturated rings. The second kappa shape index (κ2) is 6.25. The number of amides is 1. The third-order valence-corrected chi connectivity index (χ3v) is 4.70. The van der Waals surface area contributed by atoms with Gasteiger partial charge in [0.1, 0.15) is 0 Å². The van der Waals surface area contributed by atoms with Crippen LogP contribution < -0.4 is 0 Å². The van der Waals surface area contributed by atoms with E-state index in [9.17, 15) is 4.79 Å². The molecule has 0 unspecified atom stereocenters. The highest BCUT2D eigenvalue weighted by Crippen LogP contribution is 2.37. The van der Waals surface area contributed by atoms with E-state index in [1.165, 1.54) is 19.3 Å². The fourth-order valence-electron chi connectivity index (χ4n) is 3.22. The highest BCUT2D eigenvalue weighted by molar-refractivity contribution is 6.18. The maximum atomic E-state index is 12.6. The Labute approximate surface area is 115 Å². The third-order valence-electron chi connectivity index (χ3n) is 4.53. The summed E-state index contributed by atoms with van der Waals surface area (Å²) in [6, 6.07) is 0. The summed E-state index contributed by atoms with van der Waals surface area (Å²) in [5.74, 6) is 1.08. The van der Waals surface area contributed by atoms with Crippen molar-refractivity contribution in [2.75, 3.05) is 38.6 Å². The fourth-order valence-corrected chi connectivity index (χ4v) is 3.46. The summed E-state index contributed by atoms with van der Waals surface area (Å²) in [4.78, 5) is 17.0. The van der Waals surface area contributed by atoms with Gasteiger partial charge in [0, 0.05) is 44.0 Å². The van der Waals surface area contributed by atoms with Gasteiger partial charge in [0.05, 0.1) is 0 Å². The summed E-state index contributed by atoms with van der Waals surface area (Å²) in [7, 11) is 0. The monoisotopic (exact) mass is 272 g/mol. The average molecular weight is 273 g/mol. The third kappa shape index (κ3) is 3.18. The van der Waals surface area contributed by atoms with E-state index in [0.717, 1.165) is 45.6 Å².